The number of hydrogen-bond donors (Lipinski definition) is 0. The summed E-state index contributed by atoms with van der Waals surface area (Å²) < 4.78 is 7.07. The summed E-state index contributed by atoms with van der Waals surface area (Å²) in [4.78, 5) is 34.2. The number of carbonyl (C=O) groups excluding carboxylic acids is 1. The van der Waals surface area contributed by atoms with Crippen LogP contribution in [0, 0.1) is 11.8 Å². The topological polar surface area (TPSA) is 64.4 Å². The van der Waals surface area contributed by atoms with E-state index < -0.39 is 5.97 Å². The molecule has 1 aromatic carbocycles. The molecule has 2 saturated carbocycles. The van der Waals surface area contributed by atoms with Gasteiger partial charge in [0, 0.05) is 24.2 Å². The van der Waals surface area contributed by atoms with Gasteiger partial charge in [-0.3, -0.25) is 14.3 Å². The average Bonchev–Trinajstić information content (AvgIpc) is 3.02. The molecule has 4 bridgehead atoms. The second-order valence-electron chi connectivity index (χ2n) is 11.5. The van der Waals surface area contributed by atoms with E-state index in [1.54, 1.807) is 11.5 Å². The summed E-state index contributed by atoms with van der Waals surface area (Å²) in [7, 11) is 0. The molecule has 3 heterocycles. The quantitative estimate of drug-likeness (QED) is 0.545. The fourth-order valence-electron chi connectivity index (χ4n) is 8.13. The number of carbonyl (C=O) groups is 1. The summed E-state index contributed by atoms with van der Waals surface area (Å²) in [6.45, 7) is 2.07. The molecule has 6 heteroatoms. The molecular formula is C29H39N3O3. The molecule has 4 fully saturated rings. The summed E-state index contributed by atoms with van der Waals surface area (Å²) in [5.74, 6) is 1.50. The normalized spacial score (nSPS) is 33.3. The number of hydrogen-bond acceptors (Lipinski definition) is 5. The summed E-state index contributed by atoms with van der Waals surface area (Å²) >= 11 is 0. The lowest BCUT2D eigenvalue weighted by atomic mass is 9.73. The van der Waals surface area contributed by atoms with E-state index in [0.29, 0.717) is 29.0 Å². The van der Waals surface area contributed by atoms with E-state index >= 15 is 0 Å². The van der Waals surface area contributed by atoms with Crippen LogP contribution >= 0.6 is 0 Å². The Bertz CT molecular complexity index is 1120. The molecule has 2 aliphatic heterocycles. The highest BCUT2D eigenvalue weighted by Crippen LogP contribution is 2.46. The first-order valence-electron chi connectivity index (χ1n) is 14.1. The molecule has 2 aliphatic carbocycles. The molecular weight excluding hydrogens is 438 g/mol. The first kappa shape index (κ1) is 23.2. The Morgan fingerprint density at radius 1 is 0.886 bits per heavy atom. The zero-order valence-electron chi connectivity index (χ0n) is 21.0. The Morgan fingerprint density at radius 3 is 2.26 bits per heavy atom. The van der Waals surface area contributed by atoms with E-state index in [2.05, 4.69) is 9.88 Å². The van der Waals surface area contributed by atoms with Gasteiger partial charge in [0.1, 0.15) is 0 Å². The standard InChI is InChI=1S/C29H39N3O3/c1-2-35-29(34)27-30-26-13-6-5-12-25(26)28(33)32(27)24-17-21-10-7-11-22(18-24)31(21)23-15-19-8-3-4-9-20(14-19)16-23/h5-6,12-13,19-24H,2-4,7-11,14-18H2,1H3/t19-,20+,21-,22+,23?,24+. The lowest BCUT2D eigenvalue weighted by Crippen LogP contribution is -2.58. The van der Waals surface area contributed by atoms with Gasteiger partial charge in [0.05, 0.1) is 17.5 Å². The monoisotopic (exact) mass is 477 g/mol. The minimum absolute atomic E-state index is 0.00331. The number of ether oxygens (including phenoxy) is 1. The van der Waals surface area contributed by atoms with Gasteiger partial charge in [-0.2, -0.15) is 0 Å². The largest absolute Gasteiger partial charge is 0.460 e. The minimum atomic E-state index is -0.487. The van der Waals surface area contributed by atoms with Crippen LogP contribution in [0.25, 0.3) is 10.9 Å². The maximum absolute atomic E-state index is 13.7. The molecule has 6 atom stereocenters. The van der Waals surface area contributed by atoms with Crippen molar-refractivity contribution in [1.82, 2.24) is 14.5 Å². The van der Waals surface area contributed by atoms with E-state index in [-0.39, 0.29) is 24.0 Å². The Balaban J connectivity index is 1.33. The van der Waals surface area contributed by atoms with Crippen molar-refractivity contribution in [3.63, 3.8) is 0 Å². The van der Waals surface area contributed by atoms with Crippen LogP contribution in [0.2, 0.25) is 0 Å². The van der Waals surface area contributed by atoms with Crippen LogP contribution in [-0.4, -0.2) is 45.2 Å². The highest BCUT2D eigenvalue weighted by molar-refractivity contribution is 5.89. The van der Waals surface area contributed by atoms with Crippen LogP contribution in [0.5, 0.6) is 0 Å². The van der Waals surface area contributed by atoms with Gasteiger partial charge in [0.15, 0.2) is 0 Å². The number of aromatic nitrogens is 2. The fraction of sp³-hybridized carbons (Fsp3) is 0.690. The van der Waals surface area contributed by atoms with Gasteiger partial charge in [-0.15, -0.1) is 0 Å². The maximum Gasteiger partial charge on any atom is 0.374 e. The number of benzene rings is 1. The Hall–Kier alpha value is -2.21. The summed E-state index contributed by atoms with van der Waals surface area (Å²) in [5, 5.41) is 0.587. The Kier molecular flexibility index (Phi) is 6.42. The molecule has 0 radical (unpaired) electrons. The second kappa shape index (κ2) is 9.68. The highest BCUT2D eigenvalue weighted by Gasteiger charge is 2.45. The smallest absolute Gasteiger partial charge is 0.374 e. The summed E-state index contributed by atoms with van der Waals surface area (Å²) in [5.41, 5.74) is 0.470. The predicted molar refractivity (Wildman–Crippen MR) is 137 cm³/mol. The Labute approximate surface area is 208 Å². The van der Waals surface area contributed by atoms with E-state index in [1.165, 1.54) is 64.2 Å². The van der Waals surface area contributed by atoms with Crippen LogP contribution in [0.1, 0.15) is 101 Å². The predicted octanol–water partition coefficient (Wildman–Crippen LogP) is 5.49. The van der Waals surface area contributed by atoms with Crippen molar-refractivity contribution in [2.24, 2.45) is 11.8 Å². The van der Waals surface area contributed by atoms with Crippen LogP contribution in [0.3, 0.4) is 0 Å². The molecule has 188 valence electrons. The van der Waals surface area contributed by atoms with Crippen molar-refractivity contribution in [2.75, 3.05) is 6.61 Å². The molecule has 0 N–H and O–H groups in total. The second-order valence-corrected chi connectivity index (χ2v) is 11.5. The fourth-order valence-corrected chi connectivity index (χ4v) is 8.13. The zero-order valence-corrected chi connectivity index (χ0v) is 21.0. The third-order valence-corrected chi connectivity index (χ3v) is 9.41. The van der Waals surface area contributed by atoms with Crippen molar-refractivity contribution in [3.8, 4) is 0 Å². The van der Waals surface area contributed by atoms with E-state index in [0.717, 1.165) is 24.7 Å². The number of piperidine rings is 2. The van der Waals surface area contributed by atoms with Gasteiger partial charge in [-0.1, -0.05) is 44.2 Å². The number of esters is 1. The lowest BCUT2D eigenvalue weighted by Gasteiger charge is -2.54. The zero-order chi connectivity index (χ0) is 23.9. The summed E-state index contributed by atoms with van der Waals surface area (Å²) in [6, 6.07) is 9.05. The third kappa shape index (κ3) is 4.32. The van der Waals surface area contributed by atoms with Crippen molar-refractivity contribution in [1.29, 1.82) is 0 Å². The van der Waals surface area contributed by atoms with Gasteiger partial charge in [0.25, 0.3) is 5.56 Å². The van der Waals surface area contributed by atoms with E-state index in [4.69, 9.17) is 4.74 Å². The molecule has 0 amide bonds. The molecule has 2 saturated heterocycles. The molecule has 6 nitrogen and oxygen atoms in total. The Morgan fingerprint density at radius 2 is 1.57 bits per heavy atom. The number of para-hydroxylation sites is 1. The van der Waals surface area contributed by atoms with Gasteiger partial charge in [0.2, 0.25) is 5.82 Å². The van der Waals surface area contributed by atoms with Crippen molar-refractivity contribution in [3.05, 3.63) is 40.4 Å². The van der Waals surface area contributed by atoms with Crippen molar-refractivity contribution >= 4 is 16.9 Å². The first-order chi connectivity index (χ1) is 17.1. The van der Waals surface area contributed by atoms with Gasteiger partial charge >= 0.3 is 5.97 Å². The SMILES string of the molecule is CCOC(=O)c1nc2ccccc2c(=O)n1[C@H]1C[C@H]2CCC[C@@H](C1)N2C1C[C@H]2CCCC[C@@H](C1)C2. The molecule has 0 spiro atoms. The number of fused-ring (bicyclic) bond motifs is 5. The average molecular weight is 478 g/mol. The maximum atomic E-state index is 13.7. The van der Waals surface area contributed by atoms with Gasteiger partial charge < -0.3 is 4.74 Å². The van der Waals surface area contributed by atoms with Gasteiger partial charge in [-0.25, -0.2) is 9.78 Å². The molecule has 2 aromatic rings. The first-order valence-corrected chi connectivity index (χ1v) is 14.1. The van der Waals surface area contributed by atoms with Gasteiger partial charge in [-0.05, 0) is 75.8 Å². The van der Waals surface area contributed by atoms with E-state index in [1.807, 2.05) is 24.3 Å². The van der Waals surface area contributed by atoms with Crippen LogP contribution in [0.4, 0.5) is 0 Å². The third-order valence-electron chi connectivity index (χ3n) is 9.41. The number of nitrogens with zero attached hydrogens (tertiary/aromatic N) is 3. The molecule has 1 unspecified atom stereocenters. The lowest BCUT2D eigenvalue weighted by molar-refractivity contribution is -0.0431. The highest BCUT2D eigenvalue weighted by atomic mass is 16.5. The molecule has 6 rings (SSSR count). The van der Waals surface area contributed by atoms with Crippen LogP contribution in [-0.2, 0) is 4.74 Å². The number of rotatable bonds is 4. The molecule has 35 heavy (non-hydrogen) atoms. The summed E-state index contributed by atoms with van der Waals surface area (Å²) in [6.07, 6.45) is 15.3. The van der Waals surface area contributed by atoms with Crippen LogP contribution in [0.15, 0.2) is 29.1 Å². The molecule has 1 aromatic heterocycles. The molecule has 4 aliphatic rings. The van der Waals surface area contributed by atoms with Crippen molar-refractivity contribution in [2.45, 2.75) is 108 Å². The minimum Gasteiger partial charge on any atom is -0.460 e. The van der Waals surface area contributed by atoms with E-state index in [9.17, 15) is 9.59 Å². The van der Waals surface area contributed by atoms with Crippen LogP contribution < -0.4 is 5.56 Å². The van der Waals surface area contributed by atoms with Crippen molar-refractivity contribution < 1.29 is 9.53 Å².